The second-order valence-corrected chi connectivity index (χ2v) is 21.1. The van der Waals surface area contributed by atoms with Crippen molar-refractivity contribution in [1.29, 1.82) is 0 Å². The van der Waals surface area contributed by atoms with Gasteiger partial charge in [0.05, 0.1) is 25.2 Å². The lowest BCUT2D eigenvalue weighted by Gasteiger charge is -2.30. The number of carboxylic acids is 2. The van der Waals surface area contributed by atoms with Crippen LogP contribution in [-0.2, 0) is 57.5 Å². The number of aliphatic hydroxyl groups excluding tert-OH is 1. The molecule has 12 atom stereocenters. The summed E-state index contributed by atoms with van der Waals surface area (Å²) < 4.78 is 0. The lowest BCUT2D eigenvalue weighted by molar-refractivity contribution is -0.143. The molecule has 0 aliphatic heterocycles. The molecular formula is C51H92N12O15. The normalized spacial score (nSPS) is 15.9. The molecule has 0 aromatic rings. The highest BCUT2D eigenvalue weighted by molar-refractivity contribution is 5.98. The van der Waals surface area contributed by atoms with E-state index in [1.807, 2.05) is 0 Å². The molecule has 0 aromatic heterocycles. The zero-order valence-corrected chi connectivity index (χ0v) is 47.5. The van der Waals surface area contributed by atoms with Gasteiger partial charge in [-0.1, -0.05) is 82.1 Å². The Morgan fingerprint density at radius 2 is 0.885 bits per heavy atom. The molecule has 27 heteroatoms. The standard InChI is InChI=1S/C51H92N12O15/c1-13-28(9)40(60-36(65)23-54-43(69)30(11)56-45(71)34(21-25(3)4)58-44(70)32(53)18-19-38(67)68)47(73)55-24-37(66)61-41(29(10)14-2)49(75)59-35(22-26(5)6)46(72)63-42(31(12)64)50(76)62-39(27(7)8)48(74)57-33(51(77)78)17-15-16-20-52/h25-35,39-42,64H,13-24,52-53H2,1-12H3,(H,54,69)(H,55,73)(H,56,71)(H,57,74)(H,58,70)(H,59,75)(H,60,65)(H,61,66)(H,62,76)(H,63,72)(H,67,68)(H,77,78)/t28-,29-,30-,31+,32-,33-,34-,35-,39-,40-,41-,42-/m0/s1. The van der Waals surface area contributed by atoms with Crippen molar-refractivity contribution in [3.8, 4) is 0 Å². The quantitative estimate of drug-likeness (QED) is 0.0290. The van der Waals surface area contributed by atoms with E-state index in [1.165, 1.54) is 13.8 Å². The van der Waals surface area contributed by atoms with E-state index < -0.39 is 162 Å². The summed E-state index contributed by atoms with van der Waals surface area (Å²) in [6.07, 6.45) is -0.0251. The van der Waals surface area contributed by atoms with Gasteiger partial charge in [-0.05, 0) is 88.5 Å². The number of rotatable bonds is 38. The van der Waals surface area contributed by atoms with Gasteiger partial charge in [-0.25, -0.2) is 4.79 Å². The minimum atomic E-state index is -1.64. The van der Waals surface area contributed by atoms with Crippen molar-refractivity contribution in [3.05, 3.63) is 0 Å². The van der Waals surface area contributed by atoms with Crippen molar-refractivity contribution in [2.75, 3.05) is 19.6 Å². The van der Waals surface area contributed by atoms with E-state index in [-0.39, 0.29) is 43.9 Å². The van der Waals surface area contributed by atoms with Crippen LogP contribution in [0, 0.1) is 29.6 Å². The third kappa shape index (κ3) is 27.2. The Hall–Kier alpha value is -6.48. The minimum absolute atomic E-state index is 0.0400. The van der Waals surface area contributed by atoms with E-state index in [4.69, 9.17) is 16.6 Å². The maximum Gasteiger partial charge on any atom is 0.326 e. The number of carbonyl (C=O) groups excluding carboxylic acids is 10. The molecule has 0 saturated carbocycles. The largest absolute Gasteiger partial charge is 0.481 e. The number of carbonyl (C=O) groups is 12. The van der Waals surface area contributed by atoms with Crippen molar-refractivity contribution in [2.45, 2.75) is 201 Å². The fourth-order valence-electron chi connectivity index (χ4n) is 7.64. The van der Waals surface area contributed by atoms with Gasteiger partial charge in [0, 0.05) is 6.42 Å². The zero-order chi connectivity index (χ0) is 60.1. The summed E-state index contributed by atoms with van der Waals surface area (Å²) >= 11 is 0. The van der Waals surface area contributed by atoms with Crippen LogP contribution in [0.2, 0.25) is 0 Å². The van der Waals surface area contributed by atoms with Crippen LogP contribution in [0.5, 0.6) is 0 Å². The number of hydrogen-bond acceptors (Lipinski definition) is 15. The molecule has 0 aromatic carbocycles. The molecule has 0 fully saturated rings. The molecule has 0 bridgehead atoms. The zero-order valence-electron chi connectivity index (χ0n) is 47.5. The molecule has 78 heavy (non-hydrogen) atoms. The van der Waals surface area contributed by atoms with Crippen molar-refractivity contribution < 1.29 is 72.9 Å². The van der Waals surface area contributed by atoms with Crippen LogP contribution < -0.4 is 64.6 Å². The third-order valence-electron chi connectivity index (χ3n) is 12.8. The average Bonchev–Trinajstić information content (AvgIpc) is 3.35. The van der Waals surface area contributed by atoms with E-state index in [0.717, 1.165) is 0 Å². The van der Waals surface area contributed by atoms with Gasteiger partial charge in [0.25, 0.3) is 0 Å². The van der Waals surface area contributed by atoms with E-state index in [9.17, 15) is 67.7 Å². The van der Waals surface area contributed by atoms with E-state index in [2.05, 4.69) is 53.2 Å². The van der Waals surface area contributed by atoms with Gasteiger partial charge in [0.15, 0.2) is 0 Å². The molecule has 0 unspecified atom stereocenters. The average molecular weight is 1110 g/mol. The molecule has 0 aliphatic carbocycles. The topological polar surface area (TPSA) is 438 Å². The number of nitrogens with two attached hydrogens (primary N) is 2. The smallest absolute Gasteiger partial charge is 0.326 e. The van der Waals surface area contributed by atoms with Gasteiger partial charge >= 0.3 is 11.9 Å². The van der Waals surface area contributed by atoms with Crippen LogP contribution in [0.15, 0.2) is 0 Å². The first kappa shape index (κ1) is 71.5. The molecule has 0 heterocycles. The predicted molar refractivity (Wildman–Crippen MR) is 287 cm³/mol. The highest BCUT2D eigenvalue weighted by Crippen LogP contribution is 2.14. The molecule has 0 spiro atoms. The summed E-state index contributed by atoms with van der Waals surface area (Å²) in [4.78, 5) is 156. The van der Waals surface area contributed by atoms with Gasteiger partial charge in [-0.3, -0.25) is 52.7 Å². The molecule has 446 valence electrons. The Morgan fingerprint density at radius 3 is 1.32 bits per heavy atom. The van der Waals surface area contributed by atoms with Crippen LogP contribution in [-0.4, -0.2) is 166 Å². The van der Waals surface area contributed by atoms with Crippen LogP contribution in [0.1, 0.15) is 141 Å². The molecule has 10 amide bonds. The maximum absolute atomic E-state index is 14.0. The molecule has 0 rings (SSSR count). The fourth-order valence-corrected chi connectivity index (χ4v) is 7.64. The van der Waals surface area contributed by atoms with E-state index >= 15 is 0 Å². The molecule has 0 radical (unpaired) electrons. The molecular weight excluding hydrogens is 1020 g/mol. The highest BCUT2D eigenvalue weighted by Gasteiger charge is 2.37. The Labute approximate surface area is 457 Å². The summed E-state index contributed by atoms with van der Waals surface area (Å²) in [5.74, 6) is -12.3. The number of amides is 10. The fraction of sp³-hybridized carbons (Fsp3) is 0.765. The number of unbranched alkanes of at least 4 members (excludes halogenated alkanes) is 1. The number of nitrogens with one attached hydrogen (secondary N) is 10. The van der Waals surface area contributed by atoms with Gasteiger partial charge in [0.1, 0.15) is 48.3 Å². The first-order valence-electron chi connectivity index (χ1n) is 26.9. The summed E-state index contributed by atoms with van der Waals surface area (Å²) in [6.45, 7) is 18.8. The van der Waals surface area contributed by atoms with E-state index in [1.54, 1.807) is 69.2 Å². The number of carboxylic acid groups (broad SMARTS) is 2. The van der Waals surface area contributed by atoms with Crippen molar-refractivity contribution in [2.24, 2.45) is 41.1 Å². The van der Waals surface area contributed by atoms with Gasteiger partial charge in [-0.2, -0.15) is 0 Å². The van der Waals surface area contributed by atoms with Gasteiger partial charge in [0.2, 0.25) is 59.1 Å². The monoisotopic (exact) mass is 1110 g/mol. The Balaban J connectivity index is 5.93. The van der Waals surface area contributed by atoms with Crippen LogP contribution in [0.4, 0.5) is 0 Å². The summed E-state index contributed by atoms with van der Waals surface area (Å²) in [5.41, 5.74) is 11.3. The Bertz CT molecular complexity index is 2020. The molecule has 17 N–H and O–H groups in total. The molecule has 0 aliphatic rings. The summed E-state index contributed by atoms with van der Waals surface area (Å²) in [7, 11) is 0. The highest BCUT2D eigenvalue weighted by atomic mass is 16.4. The van der Waals surface area contributed by atoms with Gasteiger partial charge < -0.3 is 80.0 Å². The van der Waals surface area contributed by atoms with Crippen LogP contribution in [0.25, 0.3) is 0 Å². The number of aliphatic carboxylic acids is 2. The number of hydrogen-bond donors (Lipinski definition) is 15. The first-order valence-corrected chi connectivity index (χ1v) is 26.9. The Morgan fingerprint density at radius 1 is 0.462 bits per heavy atom. The number of aliphatic hydroxyl groups is 1. The molecule has 0 saturated heterocycles. The second kappa shape index (κ2) is 36.6. The molecule has 27 nitrogen and oxygen atoms in total. The van der Waals surface area contributed by atoms with Crippen LogP contribution in [0.3, 0.4) is 0 Å². The first-order chi connectivity index (χ1) is 36.3. The van der Waals surface area contributed by atoms with Gasteiger partial charge in [-0.15, -0.1) is 0 Å². The SMILES string of the molecule is CC[C@H](C)[C@H](NC(=O)CNC(=O)[C@H](C)NC(=O)[C@H](CC(C)C)NC(=O)[C@@H](N)CCC(=O)O)C(=O)NCC(=O)N[C@H](C(=O)N[C@@H](CC(C)C)C(=O)N[C@H](C(=O)N[C@H](C(=O)N[C@@H](CCCCN)C(=O)O)C(C)C)[C@@H](C)O)[C@@H](C)CC. The predicted octanol–water partition coefficient (Wildman–Crippen LogP) is -2.26. The van der Waals surface area contributed by atoms with Crippen molar-refractivity contribution in [1.82, 2.24) is 53.2 Å². The lowest BCUT2D eigenvalue weighted by atomic mass is 9.96. The third-order valence-corrected chi connectivity index (χ3v) is 12.8. The van der Waals surface area contributed by atoms with Crippen LogP contribution >= 0.6 is 0 Å². The summed E-state index contributed by atoms with van der Waals surface area (Å²) in [5, 5.41) is 54.3. The van der Waals surface area contributed by atoms with E-state index in [0.29, 0.717) is 32.2 Å². The van der Waals surface area contributed by atoms with Crippen molar-refractivity contribution in [3.63, 3.8) is 0 Å². The van der Waals surface area contributed by atoms with Crippen molar-refractivity contribution >= 4 is 71.0 Å². The second-order valence-electron chi connectivity index (χ2n) is 21.1. The Kier molecular flexibility index (Phi) is 33.5. The minimum Gasteiger partial charge on any atom is -0.481 e. The maximum atomic E-state index is 14.0. The lowest BCUT2D eigenvalue weighted by Crippen LogP contribution is -2.62. The summed E-state index contributed by atoms with van der Waals surface area (Å²) in [6, 6.07) is -11.4.